The van der Waals surface area contributed by atoms with Crippen molar-refractivity contribution in [3.8, 4) is 5.75 Å². The van der Waals surface area contributed by atoms with Crippen LogP contribution in [0.4, 0.5) is 0 Å². The van der Waals surface area contributed by atoms with Crippen molar-refractivity contribution >= 4 is 11.6 Å². The number of hydrogen-bond donors (Lipinski definition) is 2. The Morgan fingerprint density at radius 3 is 2.71 bits per heavy atom. The molecule has 1 aromatic rings. The molecule has 2 N–H and O–H groups in total. The fraction of sp³-hybridized carbons (Fsp3) is 0.455. The van der Waals surface area contributed by atoms with Gasteiger partial charge in [0.2, 0.25) is 0 Å². The Balaban J connectivity index is 2.58. The zero-order valence-corrected chi connectivity index (χ0v) is 9.30. The van der Waals surface area contributed by atoms with Crippen molar-refractivity contribution in [3.05, 3.63) is 28.8 Å². The largest absolute Gasteiger partial charge is 0.508 e. The van der Waals surface area contributed by atoms with Crippen LogP contribution in [0.15, 0.2) is 18.2 Å². The highest BCUT2D eigenvalue weighted by Crippen LogP contribution is 2.24. The SMILES string of the molecule is CC(C)CNCc1c(O)cccc1Cl. The number of aromatic hydroxyl groups is 1. The van der Waals surface area contributed by atoms with Gasteiger partial charge in [-0.25, -0.2) is 0 Å². The molecule has 0 saturated carbocycles. The van der Waals surface area contributed by atoms with Crippen LogP contribution in [0, 0.1) is 5.92 Å². The van der Waals surface area contributed by atoms with E-state index in [1.54, 1.807) is 18.2 Å². The molecule has 0 aliphatic carbocycles. The van der Waals surface area contributed by atoms with E-state index in [2.05, 4.69) is 19.2 Å². The fourth-order valence-corrected chi connectivity index (χ4v) is 1.44. The molecule has 0 aromatic heterocycles. The molecule has 0 heterocycles. The van der Waals surface area contributed by atoms with Crippen LogP contribution in [-0.4, -0.2) is 11.7 Å². The lowest BCUT2D eigenvalue weighted by Crippen LogP contribution is -2.19. The molecule has 0 fully saturated rings. The topological polar surface area (TPSA) is 32.3 Å². The summed E-state index contributed by atoms with van der Waals surface area (Å²) in [5.41, 5.74) is 0.773. The smallest absolute Gasteiger partial charge is 0.121 e. The van der Waals surface area contributed by atoms with Crippen LogP contribution >= 0.6 is 11.6 Å². The molecule has 1 rings (SSSR count). The van der Waals surface area contributed by atoms with Gasteiger partial charge in [-0.15, -0.1) is 0 Å². The van der Waals surface area contributed by atoms with E-state index in [1.807, 2.05) is 0 Å². The third kappa shape index (κ3) is 3.20. The molecule has 0 aliphatic rings. The number of phenolic OH excluding ortho intramolecular Hbond substituents is 1. The summed E-state index contributed by atoms with van der Waals surface area (Å²) in [5, 5.41) is 13.4. The Kier molecular flexibility index (Phi) is 4.23. The highest BCUT2D eigenvalue weighted by molar-refractivity contribution is 6.31. The number of benzene rings is 1. The molecule has 2 nitrogen and oxygen atoms in total. The van der Waals surface area contributed by atoms with E-state index >= 15 is 0 Å². The van der Waals surface area contributed by atoms with Crippen LogP contribution in [-0.2, 0) is 6.54 Å². The summed E-state index contributed by atoms with van der Waals surface area (Å²) in [5.74, 6) is 0.855. The zero-order valence-electron chi connectivity index (χ0n) is 8.55. The molecule has 0 amide bonds. The predicted octanol–water partition coefficient (Wildman–Crippen LogP) is 2.79. The van der Waals surface area contributed by atoms with Crippen molar-refractivity contribution in [3.63, 3.8) is 0 Å². The summed E-state index contributed by atoms with van der Waals surface area (Å²) >= 11 is 5.94. The van der Waals surface area contributed by atoms with Crippen molar-refractivity contribution in [1.82, 2.24) is 5.32 Å². The average molecular weight is 214 g/mol. The lowest BCUT2D eigenvalue weighted by Gasteiger charge is -2.10. The van der Waals surface area contributed by atoms with Crippen LogP contribution in [0.2, 0.25) is 5.02 Å². The highest BCUT2D eigenvalue weighted by Gasteiger charge is 2.05. The maximum absolute atomic E-state index is 9.53. The Hall–Kier alpha value is -0.730. The van der Waals surface area contributed by atoms with Gasteiger partial charge in [0, 0.05) is 17.1 Å². The Labute approximate surface area is 89.9 Å². The van der Waals surface area contributed by atoms with Crippen molar-refractivity contribution in [2.75, 3.05) is 6.54 Å². The average Bonchev–Trinajstić information content (AvgIpc) is 2.09. The summed E-state index contributed by atoms with van der Waals surface area (Å²) < 4.78 is 0. The summed E-state index contributed by atoms with van der Waals surface area (Å²) in [6.45, 7) is 5.81. The van der Waals surface area contributed by atoms with Crippen LogP contribution in [0.3, 0.4) is 0 Å². The van der Waals surface area contributed by atoms with Crippen molar-refractivity contribution in [2.24, 2.45) is 5.92 Å². The summed E-state index contributed by atoms with van der Waals surface area (Å²) in [6.07, 6.45) is 0. The molecular formula is C11H16ClNO. The van der Waals surface area contributed by atoms with E-state index in [-0.39, 0.29) is 5.75 Å². The number of rotatable bonds is 4. The van der Waals surface area contributed by atoms with Crippen molar-refractivity contribution in [1.29, 1.82) is 0 Å². The summed E-state index contributed by atoms with van der Waals surface area (Å²) in [6, 6.07) is 5.18. The van der Waals surface area contributed by atoms with Crippen LogP contribution in [0.5, 0.6) is 5.75 Å². The summed E-state index contributed by atoms with van der Waals surface area (Å²) in [7, 11) is 0. The quantitative estimate of drug-likeness (QED) is 0.806. The van der Waals surface area contributed by atoms with E-state index in [9.17, 15) is 5.11 Å². The maximum atomic E-state index is 9.53. The number of halogens is 1. The minimum Gasteiger partial charge on any atom is -0.508 e. The minimum atomic E-state index is 0.258. The Morgan fingerprint density at radius 2 is 2.14 bits per heavy atom. The van der Waals surface area contributed by atoms with Crippen LogP contribution in [0.1, 0.15) is 19.4 Å². The molecule has 0 saturated heterocycles. The third-order valence-electron chi connectivity index (χ3n) is 1.95. The predicted molar refractivity (Wildman–Crippen MR) is 59.7 cm³/mol. The van der Waals surface area contributed by atoms with E-state index in [4.69, 9.17) is 11.6 Å². The number of phenols is 1. The molecule has 0 unspecified atom stereocenters. The van der Waals surface area contributed by atoms with E-state index < -0.39 is 0 Å². The second-order valence-corrected chi connectivity index (χ2v) is 4.17. The second-order valence-electron chi connectivity index (χ2n) is 3.76. The first-order valence-corrected chi connectivity index (χ1v) is 5.16. The first-order chi connectivity index (χ1) is 6.61. The molecule has 0 atom stereocenters. The van der Waals surface area contributed by atoms with Gasteiger partial charge in [-0.1, -0.05) is 31.5 Å². The molecule has 14 heavy (non-hydrogen) atoms. The van der Waals surface area contributed by atoms with Gasteiger partial charge in [0.25, 0.3) is 0 Å². The molecule has 0 spiro atoms. The third-order valence-corrected chi connectivity index (χ3v) is 2.30. The van der Waals surface area contributed by atoms with Gasteiger partial charge in [0.05, 0.1) is 0 Å². The standard InChI is InChI=1S/C11H16ClNO/c1-8(2)6-13-7-9-10(12)4-3-5-11(9)14/h3-5,8,13-14H,6-7H2,1-2H3. The lowest BCUT2D eigenvalue weighted by molar-refractivity contribution is 0.461. The number of nitrogens with one attached hydrogen (secondary N) is 1. The maximum Gasteiger partial charge on any atom is 0.121 e. The minimum absolute atomic E-state index is 0.258. The Morgan fingerprint density at radius 1 is 1.43 bits per heavy atom. The Bertz CT molecular complexity index is 279. The molecule has 0 radical (unpaired) electrons. The second kappa shape index (κ2) is 5.23. The van der Waals surface area contributed by atoms with Crippen LogP contribution < -0.4 is 5.32 Å². The van der Waals surface area contributed by atoms with Gasteiger partial charge in [-0.3, -0.25) is 0 Å². The van der Waals surface area contributed by atoms with E-state index in [0.717, 1.165) is 12.1 Å². The molecule has 1 aromatic carbocycles. The van der Waals surface area contributed by atoms with Gasteiger partial charge in [-0.2, -0.15) is 0 Å². The molecule has 78 valence electrons. The molecule has 3 heteroatoms. The van der Waals surface area contributed by atoms with Gasteiger partial charge in [0.1, 0.15) is 5.75 Å². The number of hydrogen-bond acceptors (Lipinski definition) is 2. The van der Waals surface area contributed by atoms with Gasteiger partial charge < -0.3 is 10.4 Å². The van der Waals surface area contributed by atoms with Crippen molar-refractivity contribution < 1.29 is 5.11 Å². The van der Waals surface area contributed by atoms with Crippen molar-refractivity contribution in [2.45, 2.75) is 20.4 Å². The van der Waals surface area contributed by atoms with E-state index in [1.165, 1.54) is 0 Å². The first kappa shape index (κ1) is 11.3. The van der Waals surface area contributed by atoms with Gasteiger partial charge in [0.15, 0.2) is 0 Å². The monoisotopic (exact) mass is 213 g/mol. The molecule has 0 bridgehead atoms. The fourth-order valence-electron chi connectivity index (χ4n) is 1.21. The highest BCUT2D eigenvalue weighted by atomic mass is 35.5. The van der Waals surface area contributed by atoms with E-state index in [0.29, 0.717) is 17.5 Å². The van der Waals surface area contributed by atoms with Gasteiger partial charge in [-0.05, 0) is 24.6 Å². The van der Waals surface area contributed by atoms with Gasteiger partial charge >= 0.3 is 0 Å². The normalized spacial score (nSPS) is 10.9. The lowest BCUT2D eigenvalue weighted by atomic mass is 10.2. The molecule has 0 aliphatic heterocycles. The summed E-state index contributed by atoms with van der Waals surface area (Å²) in [4.78, 5) is 0. The zero-order chi connectivity index (χ0) is 10.6. The van der Waals surface area contributed by atoms with Crippen LogP contribution in [0.25, 0.3) is 0 Å². The first-order valence-electron chi connectivity index (χ1n) is 4.78. The molecular weight excluding hydrogens is 198 g/mol.